The van der Waals surface area contributed by atoms with Gasteiger partial charge in [0.1, 0.15) is 5.54 Å². The summed E-state index contributed by atoms with van der Waals surface area (Å²) in [6.07, 6.45) is -8.84. The molecule has 0 saturated carbocycles. The standard InChI is InChI=1S/C31H26F6N4O3/c32-30(33,34)22-12-20(13-23(14-22)31(35,36)37)28(44)41-11-10-38-18-29(41,15-21-16-39-25-9-5-4-8-24(21)25)26(42)17-40-27(43)19-6-2-1-3-7-19/h1-9,12-14,16,38-39H,10-11,15,17-18H2,(H,40,43). The third-order valence-electron chi connectivity index (χ3n) is 7.65. The quantitative estimate of drug-likeness (QED) is 0.248. The second-order valence-electron chi connectivity index (χ2n) is 10.5. The fourth-order valence-electron chi connectivity index (χ4n) is 5.44. The van der Waals surface area contributed by atoms with Gasteiger partial charge in [0, 0.05) is 54.3 Å². The molecule has 3 aromatic carbocycles. The fourth-order valence-corrected chi connectivity index (χ4v) is 5.44. The minimum atomic E-state index is -5.17. The molecule has 0 aliphatic carbocycles. The molecule has 0 bridgehead atoms. The van der Waals surface area contributed by atoms with Crippen LogP contribution in [0.25, 0.3) is 10.9 Å². The predicted molar refractivity (Wildman–Crippen MR) is 149 cm³/mol. The number of fused-ring (bicyclic) bond motifs is 1. The number of hydrogen-bond acceptors (Lipinski definition) is 4. The van der Waals surface area contributed by atoms with Crippen molar-refractivity contribution in [1.82, 2.24) is 20.5 Å². The van der Waals surface area contributed by atoms with Gasteiger partial charge in [0.15, 0.2) is 5.78 Å². The molecule has 1 aromatic heterocycles. The van der Waals surface area contributed by atoms with Crippen molar-refractivity contribution in [2.24, 2.45) is 0 Å². The van der Waals surface area contributed by atoms with Gasteiger partial charge in [0.05, 0.1) is 17.7 Å². The van der Waals surface area contributed by atoms with Gasteiger partial charge in [-0.25, -0.2) is 0 Å². The first-order chi connectivity index (χ1) is 20.8. The number of H-pyrrole nitrogens is 1. The van der Waals surface area contributed by atoms with Crippen LogP contribution in [0.5, 0.6) is 0 Å². The van der Waals surface area contributed by atoms with Gasteiger partial charge in [0.25, 0.3) is 11.8 Å². The number of para-hydroxylation sites is 1. The lowest BCUT2D eigenvalue weighted by Gasteiger charge is -2.46. The summed E-state index contributed by atoms with van der Waals surface area (Å²) in [6, 6.07) is 15.8. The summed E-state index contributed by atoms with van der Waals surface area (Å²) in [7, 11) is 0. The molecule has 1 aliphatic rings. The number of nitrogens with one attached hydrogen (secondary N) is 3. The van der Waals surface area contributed by atoms with Crippen molar-refractivity contribution in [3.05, 3.63) is 107 Å². The van der Waals surface area contributed by atoms with E-state index in [1.807, 2.05) is 0 Å². The number of aromatic amines is 1. The molecular formula is C31H26F6N4O3. The van der Waals surface area contributed by atoms with Crippen molar-refractivity contribution < 1.29 is 40.7 Å². The molecular weight excluding hydrogens is 590 g/mol. The van der Waals surface area contributed by atoms with Crippen LogP contribution in [0.3, 0.4) is 0 Å². The van der Waals surface area contributed by atoms with Gasteiger partial charge in [0.2, 0.25) is 0 Å². The van der Waals surface area contributed by atoms with Crippen LogP contribution >= 0.6 is 0 Å². The SMILES string of the molecule is O=C(NCC(=O)C1(Cc2c[nH]c3ccccc23)CNCCN1C(=O)c1cc(C(F)(F)F)cc(C(F)(F)F)c1)c1ccccc1. The van der Waals surface area contributed by atoms with E-state index in [1.165, 1.54) is 12.1 Å². The first-order valence-electron chi connectivity index (χ1n) is 13.5. The Hall–Kier alpha value is -4.65. The van der Waals surface area contributed by atoms with Crippen molar-refractivity contribution in [2.45, 2.75) is 24.3 Å². The number of benzene rings is 3. The zero-order chi connectivity index (χ0) is 31.7. The molecule has 1 unspecified atom stereocenters. The fraction of sp³-hybridized carbons (Fsp3) is 0.258. The Kier molecular flexibility index (Phi) is 8.25. The summed E-state index contributed by atoms with van der Waals surface area (Å²) in [5.41, 5.74) is -4.36. The molecule has 7 nitrogen and oxygen atoms in total. The highest BCUT2D eigenvalue weighted by molar-refractivity contribution is 6.03. The van der Waals surface area contributed by atoms with E-state index in [0.717, 1.165) is 10.4 Å². The smallest absolute Gasteiger partial charge is 0.361 e. The monoisotopic (exact) mass is 616 g/mol. The lowest BCUT2D eigenvalue weighted by atomic mass is 9.82. The van der Waals surface area contributed by atoms with Crippen molar-refractivity contribution in [3.8, 4) is 0 Å². The van der Waals surface area contributed by atoms with E-state index in [4.69, 9.17) is 0 Å². The molecule has 2 amide bonds. The first kappa shape index (κ1) is 30.8. The maximum Gasteiger partial charge on any atom is 0.416 e. The highest BCUT2D eigenvalue weighted by atomic mass is 19.4. The zero-order valence-electron chi connectivity index (χ0n) is 23.0. The van der Waals surface area contributed by atoms with Gasteiger partial charge in [-0.05, 0) is 42.0 Å². The van der Waals surface area contributed by atoms with E-state index in [-0.39, 0.29) is 37.7 Å². The van der Waals surface area contributed by atoms with Crippen LogP contribution in [0.2, 0.25) is 0 Å². The number of alkyl halides is 6. The highest BCUT2D eigenvalue weighted by Gasteiger charge is 2.49. The minimum Gasteiger partial charge on any atom is -0.361 e. The largest absolute Gasteiger partial charge is 0.416 e. The molecule has 0 spiro atoms. The number of carbonyl (C=O) groups is 3. The van der Waals surface area contributed by atoms with Crippen molar-refractivity contribution in [1.29, 1.82) is 0 Å². The van der Waals surface area contributed by atoms with E-state index in [0.29, 0.717) is 23.1 Å². The van der Waals surface area contributed by atoms with Crippen LogP contribution in [0, 0.1) is 0 Å². The van der Waals surface area contributed by atoms with Crippen LogP contribution in [-0.4, -0.2) is 59.2 Å². The number of halogens is 6. The van der Waals surface area contributed by atoms with E-state index >= 15 is 0 Å². The van der Waals surface area contributed by atoms with Crippen LogP contribution < -0.4 is 10.6 Å². The Bertz CT molecular complexity index is 1670. The van der Waals surface area contributed by atoms with Crippen molar-refractivity contribution in [2.75, 3.05) is 26.2 Å². The van der Waals surface area contributed by atoms with Crippen LogP contribution in [0.4, 0.5) is 26.3 Å². The average molecular weight is 617 g/mol. The summed E-state index contributed by atoms with van der Waals surface area (Å²) in [5.74, 6) is -2.41. The Labute approximate surface area is 247 Å². The number of hydrogen-bond donors (Lipinski definition) is 3. The van der Waals surface area contributed by atoms with Gasteiger partial charge in [-0.1, -0.05) is 36.4 Å². The Balaban J connectivity index is 1.57. The first-order valence-corrected chi connectivity index (χ1v) is 13.5. The molecule has 1 saturated heterocycles. The molecule has 3 N–H and O–H groups in total. The summed E-state index contributed by atoms with van der Waals surface area (Å²) < 4.78 is 81.8. The third-order valence-corrected chi connectivity index (χ3v) is 7.65. The lowest BCUT2D eigenvalue weighted by Crippen LogP contribution is -2.69. The molecule has 13 heteroatoms. The second-order valence-corrected chi connectivity index (χ2v) is 10.5. The van der Waals surface area contributed by atoms with E-state index in [9.17, 15) is 40.7 Å². The molecule has 0 radical (unpaired) electrons. The Morgan fingerprint density at radius 2 is 1.48 bits per heavy atom. The van der Waals surface area contributed by atoms with Crippen LogP contribution in [0.1, 0.15) is 37.4 Å². The number of nitrogens with zero attached hydrogens (tertiary/aromatic N) is 1. The maximum absolute atomic E-state index is 14.1. The molecule has 230 valence electrons. The lowest BCUT2D eigenvalue weighted by molar-refractivity contribution is -0.143. The van der Waals surface area contributed by atoms with Crippen LogP contribution in [0.15, 0.2) is 79.0 Å². The molecule has 1 aliphatic heterocycles. The number of amides is 2. The van der Waals surface area contributed by atoms with Gasteiger partial charge in [-0.2, -0.15) is 26.3 Å². The predicted octanol–water partition coefficient (Wildman–Crippen LogP) is 5.23. The third kappa shape index (κ3) is 6.18. The molecule has 1 atom stereocenters. The molecule has 2 heterocycles. The summed E-state index contributed by atoms with van der Waals surface area (Å²) >= 11 is 0. The number of ketones is 1. The highest BCUT2D eigenvalue weighted by Crippen LogP contribution is 2.37. The average Bonchev–Trinajstić information content (AvgIpc) is 3.41. The van der Waals surface area contributed by atoms with Crippen LogP contribution in [-0.2, 0) is 23.6 Å². The summed E-state index contributed by atoms with van der Waals surface area (Å²) in [4.78, 5) is 44.9. The number of aromatic nitrogens is 1. The molecule has 1 fully saturated rings. The van der Waals surface area contributed by atoms with E-state index in [1.54, 1.807) is 48.7 Å². The van der Waals surface area contributed by atoms with Crippen molar-refractivity contribution in [3.63, 3.8) is 0 Å². The van der Waals surface area contributed by atoms with E-state index in [2.05, 4.69) is 15.6 Å². The number of rotatable bonds is 7. The minimum absolute atomic E-state index is 0.0575. The van der Waals surface area contributed by atoms with Crippen molar-refractivity contribution >= 4 is 28.5 Å². The van der Waals surface area contributed by atoms with E-state index < -0.39 is 58.7 Å². The normalized spacial score (nSPS) is 17.5. The molecule has 5 rings (SSSR count). The molecule has 44 heavy (non-hydrogen) atoms. The number of carbonyl (C=O) groups excluding carboxylic acids is 3. The number of piperazine rings is 1. The van der Waals surface area contributed by atoms with Gasteiger partial charge in [-0.3, -0.25) is 14.4 Å². The maximum atomic E-state index is 14.1. The zero-order valence-corrected chi connectivity index (χ0v) is 23.0. The Morgan fingerprint density at radius 3 is 2.14 bits per heavy atom. The molecule has 4 aromatic rings. The Morgan fingerprint density at radius 1 is 0.841 bits per heavy atom. The summed E-state index contributed by atoms with van der Waals surface area (Å²) in [5, 5.41) is 6.29. The van der Waals surface area contributed by atoms with Gasteiger partial charge >= 0.3 is 12.4 Å². The summed E-state index contributed by atoms with van der Waals surface area (Å²) in [6.45, 7) is -0.797. The topological polar surface area (TPSA) is 94.3 Å². The second kappa shape index (κ2) is 11.8. The van der Waals surface area contributed by atoms with Gasteiger partial charge < -0.3 is 20.5 Å². The number of Topliss-reactive ketones (excluding diaryl/α,β-unsaturated/α-hetero) is 1. The van der Waals surface area contributed by atoms with Gasteiger partial charge in [-0.15, -0.1) is 0 Å².